The van der Waals surface area contributed by atoms with Gasteiger partial charge in [0.2, 0.25) is 0 Å². The Morgan fingerprint density at radius 2 is 1.76 bits per heavy atom. The lowest BCUT2D eigenvalue weighted by Gasteiger charge is -2.15. The second-order valence-electron chi connectivity index (χ2n) is 5.32. The molecule has 0 saturated heterocycles. The predicted octanol–water partition coefficient (Wildman–Crippen LogP) is 5.81. The molecule has 0 aliphatic rings. The van der Waals surface area contributed by atoms with Crippen molar-refractivity contribution in [1.29, 1.82) is 0 Å². The van der Waals surface area contributed by atoms with Crippen molar-refractivity contribution < 1.29 is 4.74 Å². The number of rotatable bonds is 5. The second-order valence-corrected chi connectivity index (χ2v) is 7.09. The Morgan fingerprint density at radius 1 is 1.05 bits per heavy atom. The Labute approximate surface area is 143 Å². The summed E-state index contributed by atoms with van der Waals surface area (Å²) in [4.78, 5) is 0. The van der Waals surface area contributed by atoms with Crippen molar-refractivity contribution in [2.24, 2.45) is 0 Å². The zero-order valence-corrected chi connectivity index (χ0v) is 15.6. The van der Waals surface area contributed by atoms with Crippen LogP contribution in [-0.2, 0) is 6.54 Å². The van der Waals surface area contributed by atoms with E-state index >= 15 is 0 Å². The molecule has 2 aromatic carbocycles. The Kier molecular flexibility index (Phi) is 5.85. The Bertz CT molecular complexity index is 626. The molecule has 21 heavy (non-hydrogen) atoms. The van der Waals surface area contributed by atoms with Gasteiger partial charge in [0.25, 0.3) is 0 Å². The van der Waals surface area contributed by atoms with Crippen LogP contribution < -0.4 is 10.1 Å². The van der Waals surface area contributed by atoms with Gasteiger partial charge in [-0.25, -0.2) is 0 Å². The highest BCUT2D eigenvalue weighted by atomic mass is 79.9. The van der Waals surface area contributed by atoms with Crippen LogP contribution in [0.1, 0.15) is 25.0 Å². The first kappa shape index (κ1) is 16.5. The highest BCUT2D eigenvalue weighted by molar-refractivity contribution is 9.10. The topological polar surface area (TPSA) is 21.3 Å². The maximum Gasteiger partial charge on any atom is 0.141 e. The lowest BCUT2D eigenvalue weighted by Crippen LogP contribution is -2.22. The molecule has 0 amide bonds. The van der Waals surface area contributed by atoms with Crippen LogP contribution in [0.5, 0.6) is 11.5 Å². The smallest absolute Gasteiger partial charge is 0.141 e. The standard InChI is InChI=1S/C17H19Br2NO/c1-11(2)20-10-13-9-14(18)5-7-16(13)21-17-6-4-12(3)8-15(17)19/h4-9,11,20H,10H2,1-3H3. The highest BCUT2D eigenvalue weighted by Crippen LogP contribution is 2.33. The van der Waals surface area contributed by atoms with Crippen LogP contribution in [0.25, 0.3) is 0 Å². The lowest BCUT2D eigenvalue weighted by atomic mass is 10.2. The number of halogens is 2. The third-order valence-corrected chi connectivity index (χ3v) is 4.14. The largest absolute Gasteiger partial charge is 0.456 e. The molecule has 1 N–H and O–H groups in total. The van der Waals surface area contributed by atoms with Crippen molar-refractivity contribution in [2.75, 3.05) is 0 Å². The van der Waals surface area contributed by atoms with Gasteiger partial charge in [0.15, 0.2) is 0 Å². The van der Waals surface area contributed by atoms with Gasteiger partial charge in [-0.15, -0.1) is 0 Å². The molecule has 0 atom stereocenters. The zero-order chi connectivity index (χ0) is 15.4. The van der Waals surface area contributed by atoms with Gasteiger partial charge in [-0.3, -0.25) is 0 Å². The molecule has 4 heteroatoms. The van der Waals surface area contributed by atoms with Crippen LogP contribution in [0.15, 0.2) is 45.3 Å². The van der Waals surface area contributed by atoms with Crippen molar-refractivity contribution in [2.45, 2.75) is 33.4 Å². The van der Waals surface area contributed by atoms with Crippen molar-refractivity contribution in [1.82, 2.24) is 5.32 Å². The third-order valence-electron chi connectivity index (χ3n) is 3.03. The van der Waals surface area contributed by atoms with Gasteiger partial charge in [0.1, 0.15) is 11.5 Å². The molecule has 2 aromatic rings. The van der Waals surface area contributed by atoms with E-state index < -0.39 is 0 Å². The summed E-state index contributed by atoms with van der Waals surface area (Å²) < 4.78 is 8.09. The van der Waals surface area contributed by atoms with E-state index in [2.05, 4.69) is 70.1 Å². The fourth-order valence-corrected chi connectivity index (χ4v) is 2.89. The SMILES string of the molecule is Cc1ccc(Oc2ccc(Br)cc2CNC(C)C)c(Br)c1. The van der Waals surface area contributed by atoms with Crippen molar-refractivity contribution in [3.05, 3.63) is 56.5 Å². The van der Waals surface area contributed by atoms with E-state index in [0.29, 0.717) is 6.04 Å². The molecule has 0 fully saturated rings. The monoisotopic (exact) mass is 411 g/mol. The summed E-state index contributed by atoms with van der Waals surface area (Å²) in [5.74, 6) is 1.70. The molecule has 112 valence electrons. The number of hydrogen-bond donors (Lipinski definition) is 1. The molecule has 0 aliphatic heterocycles. The van der Waals surface area contributed by atoms with E-state index in [9.17, 15) is 0 Å². The molecule has 2 nitrogen and oxygen atoms in total. The Hall–Kier alpha value is -0.840. The van der Waals surface area contributed by atoms with Gasteiger partial charge in [-0.1, -0.05) is 35.8 Å². The summed E-state index contributed by atoms with van der Waals surface area (Å²) in [5, 5.41) is 3.43. The van der Waals surface area contributed by atoms with Crippen LogP contribution >= 0.6 is 31.9 Å². The molecule has 0 saturated carbocycles. The lowest BCUT2D eigenvalue weighted by molar-refractivity contribution is 0.466. The van der Waals surface area contributed by atoms with Gasteiger partial charge >= 0.3 is 0 Å². The summed E-state index contributed by atoms with van der Waals surface area (Å²) in [7, 11) is 0. The summed E-state index contributed by atoms with van der Waals surface area (Å²) in [6.45, 7) is 7.10. The number of aryl methyl sites for hydroxylation is 1. The third kappa shape index (κ3) is 4.83. The zero-order valence-electron chi connectivity index (χ0n) is 12.4. The van der Waals surface area contributed by atoms with E-state index in [0.717, 1.165) is 32.6 Å². The van der Waals surface area contributed by atoms with Gasteiger partial charge in [0, 0.05) is 22.6 Å². The van der Waals surface area contributed by atoms with E-state index in [1.165, 1.54) is 5.56 Å². The molecule has 0 radical (unpaired) electrons. The maximum atomic E-state index is 6.07. The molecule has 2 rings (SSSR count). The van der Waals surface area contributed by atoms with E-state index in [4.69, 9.17) is 4.74 Å². The van der Waals surface area contributed by atoms with Crippen molar-refractivity contribution in [3.63, 3.8) is 0 Å². The molecule has 0 aromatic heterocycles. The molecule has 0 heterocycles. The number of benzene rings is 2. The van der Waals surface area contributed by atoms with Crippen LogP contribution in [0.2, 0.25) is 0 Å². The summed E-state index contributed by atoms with van der Waals surface area (Å²) in [5.41, 5.74) is 2.33. The fraction of sp³-hybridized carbons (Fsp3) is 0.294. The molecule has 0 bridgehead atoms. The van der Waals surface area contributed by atoms with Crippen LogP contribution in [0.4, 0.5) is 0 Å². The Balaban J connectivity index is 2.26. The van der Waals surface area contributed by atoms with Gasteiger partial charge in [0.05, 0.1) is 4.47 Å². The summed E-state index contributed by atoms with van der Waals surface area (Å²) >= 11 is 7.08. The summed E-state index contributed by atoms with van der Waals surface area (Å²) in [6, 6.07) is 12.6. The van der Waals surface area contributed by atoms with E-state index in [-0.39, 0.29) is 0 Å². The molecular weight excluding hydrogens is 394 g/mol. The summed E-state index contributed by atoms with van der Waals surface area (Å²) in [6.07, 6.45) is 0. The number of nitrogens with one attached hydrogen (secondary N) is 1. The van der Waals surface area contributed by atoms with Crippen LogP contribution in [0.3, 0.4) is 0 Å². The van der Waals surface area contributed by atoms with E-state index in [1.807, 2.05) is 24.3 Å². The Morgan fingerprint density at radius 3 is 2.43 bits per heavy atom. The molecule has 0 spiro atoms. The minimum absolute atomic E-state index is 0.433. The van der Waals surface area contributed by atoms with Crippen molar-refractivity contribution in [3.8, 4) is 11.5 Å². The van der Waals surface area contributed by atoms with Gasteiger partial charge in [-0.05, 0) is 58.7 Å². The highest BCUT2D eigenvalue weighted by Gasteiger charge is 2.09. The normalized spacial score (nSPS) is 11.0. The second kappa shape index (κ2) is 7.43. The number of hydrogen-bond acceptors (Lipinski definition) is 2. The molecule has 0 unspecified atom stereocenters. The number of ether oxygens (including phenoxy) is 1. The average Bonchev–Trinajstić information content (AvgIpc) is 2.41. The van der Waals surface area contributed by atoms with Gasteiger partial charge in [-0.2, -0.15) is 0 Å². The first-order valence-electron chi connectivity index (χ1n) is 6.91. The minimum Gasteiger partial charge on any atom is -0.456 e. The van der Waals surface area contributed by atoms with Crippen LogP contribution in [0, 0.1) is 6.92 Å². The first-order chi connectivity index (χ1) is 9.95. The minimum atomic E-state index is 0.433. The predicted molar refractivity (Wildman–Crippen MR) is 95.1 cm³/mol. The van der Waals surface area contributed by atoms with E-state index in [1.54, 1.807) is 0 Å². The van der Waals surface area contributed by atoms with Gasteiger partial charge < -0.3 is 10.1 Å². The molecular formula is C17H19Br2NO. The first-order valence-corrected chi connectivity index (χ1v) is 8.50. The molecule has 0 aliphatic carbocycles. The quantitative estimate of drug-likeness (QED) is 0.668. The fourth-order valence-electron chi connectivity index (χ4n) is 1.91. The maximum absolute atomic E-state index is 6.07. The van der Waals surface area contributed by atoms with Crippen LogP contribution in [-0.4, -0.2) is 6.04 Å². The van der Waals surface area contributed by atoms with Crippen molar-refractivity contribution >= 4 is 31.9 Å². The average molecular weight is 413 g/mol.